The molecule has 1 aromatic carbocycles. The summed E-state index contributed by atoms with van der Waals surface area (Å²) in [7, 11) is 0. The van der Waals surface area contributed by atoms with Crippen LogP contribution in [0.25, 0.3) is 0 Å². The number of halogens is 1. The number of carbonyl (C=O) groups excluding carboxylic acids is 1. The molecule has 1 rings (SSSR count). The minimum Gasteiger partial charge on any atom is -0.287 e. The summed E-state index contributed by atoms with van der Waals surface area (Å²) in [5, 5.41) is 10.5. The molecule has 6 heteroatoms. The molecule has 0 bridgehead atoms. The van der Waals surface area contributed by atoms with Gasteiger partial charge in [0.05, 0.1) is 11.0 Å². The molecule has 0 heterocycles. The van der Waals surface area contributed by atoms with Gasteiger partial charge in [-0.2, -0.15) is 0 Å². The van der Waals surface area contributed by atoms with Crippen LogP contribution in [0.15, 0.2) is 18.2 Å². The fraction of sp³-hybridized carbons (Fsp3) is 0.300. The van der Waals surface area contributed by atoms with E-state index in [0.29, 0.717) is 5.75 Å². The van der Waals surface area contributed by atoms with Gasteiger partial charge in [0.25, 0.3) is 5.69 Å². The summed E-state index contributed by atoms with van der Waals surface area (Å²) in [5.74, 6) is -0.0561. The summed E-state index contributed by atoms with van der Waals surface area (Å²) in [6, 6.07) is 3.23. The molecule has 0 saturated heterocycles. The van der Waals surface area contributed by atoms with E-state index in [1.54, 1.807) is 0 Å². The molecule has 0 aliphatic carbocycles. The molecule has 0 N–H and O–H groups in total. The summed E-state index contributed by atoms with van der Waals surface area (Å²) in [4.78, 5) is 21.3. The summed E-state index contributed by atoms with van der Waals surface area (Å²) in [6.07, 6.45) is -0.0465. The normalized spacial score (nSPS) is 10.1. The number of rotatable bonds is 4. The minimum absolute atomic E-state index is 0.0465. The van der Waals surface area contributed by atoms with E-state index in [1.807, 2.05) is 6.92 Å². The Balaban J connectivity index is 2.95. The Labute approximate surface area is 96.0 Å². The quantitative estimate of drug-likeness (QED) is 0.602. The maximum atomic E-state index is 12.8. The first-order valence-corrected chi connectivity index (χ1v) is 5.61. The topological polar surface area (TPSA) is 60.2 Å². The molecule has 0 atom stereocenters. The maximum Gasteiger partial charge on any atom is 0.275 e. The standard InChI is InChI=1S/C10H10FNO3S/c1-2-16-10(13)5-7-3-4-8(11)6-9(7)12(14)15/h3-4,6H,2,5H2,1H3. The van der Waals surface area contributed by atoms with Crippen molar-refractivity contribution in [1.82, 2.24) is 0 Å². The number of carbonyl (C=O) groups is 1. The molecular formula is C10H10FNO3S. The molecule has 0 spiro atoms. The zero-order valence-corrected chi connectivity index (χ0v) is 9.42. The molecule has 0 unspecified atom stereocenters. The number of thioether (sulfide) groups is 1. The number of hydrogen-bond acceptors (Lipinski definition) is 4. The number of hydrogen-bond donors (Lipinski definition) is 0. The van der Waals surface area contributed by atoms with Gasteiger partial charge >= 0.3 is 0 Å². The molecule has 0 aliphatic heterocycles. The Kier molecular flexibility index (Phi) is 4.42. The van der Waals surface area contributed by atoms with E-state index >= 15 is 0 Å². The van der Waals surface area contributed by atoms with Gasteiger partial charge in [-0.05, 0) is 17.9 Å². The monoisotopic (exact) mass is 243 g/mol. The lowest BCUT2D eigenvalue weighted by atomic mass is 10.1. The summed E-state index contributed by atoms with van der Waals surface area (Å²) < 4.78 is 12.8. The van der Waals surface area contributed by atoms with Crippen molar-refractivity contribution in [3.63, 3.8) is 0 Å². The van der Waals surface area contributed by atoms with E-state index in [4.69, 9.17) is 0 Å². The molecule has 0 aliphatic rings. The zero-order chi connectivity index (χ0) is 12.1. The molecule has 4 nitrogen and oxygen atoms in total. The van der Waals surface area contributed by atoms with Crippen molar-refractivity contribution in [2.45, 2.75) is 13.3 Å². The third kappa shape index (κ3) is 3.30. The van der Waals surface area contributed by atoms with Crippen molar-refractivity contribution < 1.29 is 14.1 Å². The SMILES string of the molecule is CCSC(=O)Cc1ccc(F)cc1[N+](=O)[O-]. The lowest BCUT2D eigenvalue weighted by Crippen LogP contribution is -2.02. The second-order valence-corrected chi connectivity index (χ2v) is 4.33. The van der Waals surface area contributed by atoms with Crippen molar-refractivity contribution in [2.24, 2.45) is 0 Å². The van der Waals surface area contributed by atoms with E-state index < -0.39 is 10.7 Å². The minimum atomic E-state index is -0.678. The molecule has 0 fully saturated rings. The highest BCUT2D eigenvalue weighted by molar-refractivity contribution is 8.13. The number of nitrogens with zero attached hydrogens (tertiary/aromatic N) is 1. The average molecular weight is 243 g/mol. The van der Waals surface area contributed by atoms with Gasteiger partial charge in [-0.15, -0.1) is 0 Å². The highest BCUT2D eigenvalue weighted by atomic mass is 32.2. The Bertz CT molecular complexity index is 423. The molecule has 1 aromatic rings. The highest BCUT2D eigenvalue weighted by Crippen LogP contribution is 2.22. The van der Waals surface area contributed by atoms with E-state index in [2.05, 4.69) is 0 Å². The van der Waals surface area contributed by atoms with Crippen molar-refractivity contribution >= 4 is 22.6 Å². The van der Waals surface area contributed by atoms with Gasteiger partial charge in [0.1, 0.15) is 5.82 Å². The first-order valence-electron chi connectivity index (χ1n) is 4.63. The van der Waals surface area contributed by atoms with Gasteiger partial charge < -0.3 is 0 Å². The van der Waals surface area contributed by atoms with Crippen LogP contribution in [0.1, 0.15) is 12.5 Å². The molecule has 0 saturated carbocycles. The van der Waals surface area contributed by atoms with Gasteiger partial charge in [0.2, 0.25) is 0 Å². The molecule has 0 radical (unpaired) electrons. The van der Waals surface area contributed by atoms with E-state index in [-0.39, 0.29) is 22.8 Å². The largest absolute Gasteiger partial charge is 0.287 e. The van der Waals surface area contributed by atoms with Crippen LogP contribution in [-0.4, -0.2) is 15.8 Å². The van der Waals surface area contributed by atoms with Crippen molar-refractivity contribution in [3.8, 4) is 0 Å². The van der Waals surface area contributed by atoms with Crippen LogP contribution in [-0.2, 0) is 11.2 Å². The van der Waals surface area contributed by atoms with Crippen LogP contribution in [0.5, 0.6) is 0 Å². The Morgan fingerprint density at radius 2 is 2.25 bits per heavy atom. The highest BCUT2D eigenvalue weighted by Gasteiger charge is 2.17. The summed E-state index contributed by atoms with van der Waals surface area (Å²) in [6.45, 7) is 1.82. The van der Waals surface area contributed by atoms with E-state index in [9.17, 15) is 19.3 Å². The fourth-order valence-electron chi connectivity index (χ4n) is 1.22. The first-order chi connectivity index (χ1) is 7.54. The first kappa shape index (κ1) is 12.6. The lowest BCUT2D eigenvalue weighted by molar-refractivity contribution is -0.385. The average Bonchev–Trinajstić information content (AvgIpc) is 2.20. The zero-order valence-electron chi connectivity index (χ0n) is 8.60. The third-order valence-electron chi connectivity index (χ3n) is 1.88. The fourth-order valence-corrected chi connectivity index (χ4v) is 1.80. The van der Waals surface area contributed by atoms with Gasteiger partial charge in [-0.1, -0.05) is 18.7 Å². The van der Waals surface area contributed by atoms with E-state index in [1.165, 1.54) is 6.07 Å². The second-order valence-electron chi connectivity index (χ2n) is 3.01. The van der Waals surface area contributed by atoms with Crippen LogP contribution < -0.4 is 0 Å². The van der Waals surface area contributed by atoms with Crippen molar-refractivity contribution in [3.05, 3.63) is 39.7 Å². The number of benzene rings is 1. The second kappa shape index (κ2) is 5.60. The Morgan fingerprint density at radius 3 is 2.81 bits per heavy atom. The summed E-state index contributed by atoms with van der Waals surface area (Å²) in [5.41, 5.74) is -0.0950. The van der Waals surface area contributed by atoms with Crippen LogP contribution in [0.4, 0.5) is 10.1 Å². The molecule has 16 heavy (non-hydrogen) atoms. The molecule has 0 amide bonds. The summed E-state index contributed by atoms with van der Waals surface area (Å²) >= 11 is 1.10. The molecule has 0 aromatic heterocycles. The molecule has 86 valence electrons. The predicted molar refractivity (Wildman–Crippen MR) is 59.9 cm³/mol. The van der Waals surface area contributed by atoms with Crippen LogP contribution in [0, 0.1) is 15.9 Å². The van der Waals surface area contributed by atoms with Crippen LogP contribution in [0.3, 0.4) is 0 Å². The lowest BCUT2D eigenvalue weighted by Gasteiger charge is -2.01. The smallest absolute Gasteiger partial charge is 0.275 e. The maximum absolute atomic E-state index is 12.8. The van der Waals surface area contributed by atoms with Crippen molar-refractivity contribution in [1.29, 1.82) is 0 Å². The predicted octanol–water partition coefficient (Wildman–Crippen LogP) is 2.56. The Hall–Kier alpha value is -1.43. The third-order valence-corrected chi connectivity index (χ3v) is 2.64. The van der Waals surface area contributed by atoms with Crippen LogP contribution >= 0.6 is 11.8 Å². The number of nitro benzene ring substituents is 1. The number of nitro groups is 1. The van der Waals surface area contributed by atoms with Gasteiger partial charge in [0.15, 0.2) is 5.12 Å². The van der Waals surface area contributed by atoms with Crippen molar-refractivity contribution in [2.75, 3.05) is 5.75 Å². The van der Waals surface area contributed by atoms with Crippen LogP contribution in [0.2, 0.25) is 0 Å². The van der Waals surface area contributed by atoms with Gasteiger partial charge in [-0.3, -0.25) is 14.9 Å². The van der Waals surface area contributed by atoms with E-state index in [0.717, 1.165) is 23.9 Å². The van der Waals surface area contributed by atoms with Gasteiger partial charge in [-0.25, -0.2) is 4.39 Å². The Morgan fingerprint density at radius 1 is 1.56 bits per heavy atom. The van der Waals surface area contributed by atoms with Gasteiger partial charge in [0, 0.05) is 12.0 Å². The molecular weight excluding hydrogens is 233 g/mol.